The fraction of sp³-hybridized carbons (Fsp3) is 0.357. The van der Waals surface area contributed by atoms with Gasteiger partial charge < -0.3 is 4.90 Å². The number of nitrogens with zero attached hydrogens (tertiary/aromatic N) is 3. The molecule has 184 valence electrons. The number of hydrogen-bond acceptors (Lipinski definition) is 5. The Hall–Kier alpha value is -3.65. The molecular weight excluding hydrogens is 459 g/mol. The van der Waals surface area contributed by atoms with Crippen molar-refractivity contribution in [3.05, 3.63) is 76.9 Å². The third-order valence-corrected chi connectivity index (χ3v) is 7.84. The zero-order chi connectivity index (χ0) is 24.8. The lowest BCUT2D eigenvalue weighted by molar-refractivity contribution is -0.136. The Morgan fingerprint density at radius 2 is 1.89 bits per heavy atom. The maximum Gasteiger partial charge on any atom is 0.255 e. The first-order valence-electron chi connectivity index (χ1n) is 12.5. The number of rotatable bonds is 4. The Bertz CT molecular complexity index is 1380. The molecule has 7 nitrogen and oxygen atoms in total. The number of fused-ring (bicyclic) bond motifs is 2. The monoisotopic (exact) mass is 486 g/mol. The van der Waals surface area contributed by atoms with Crippen molar-refractivity contribution in [3.63, 3.8) is 0 Å². The minimum atomic E-state index is -0.693. The summed E-state index contributed by atoms with van der Waals surface area (Å²) in [6, 6.07) is 10.8. The first-order chi connectivity index (χ1) is 17.5. The van der Waals surface area contributed by atoms with Gasteiger partial charge in [0, 0.05) is 42.9 Å². The summed E-state index contributed by atoms with van der Waals surface area (Å²) in [5.74, 6) is -1.39. The molecule has 0 radical (unpaired) electrons. The molecular formula is C28H27FN4O3. The maximum absolute atomic E-state index is 15.2. The molecule has 2 fully saturated rings. The highest BCUT2D eigenvalue weighted by atomic mass is 19.1. The molecule has 3 aromatic rings. The smallest absolute Gasteiger partial charge is 0.255 e. The third-order valence-electron chi connectivity index (χ3n) is 7.84. The normalized spacial score (nSPS) is 21.2. The molecule has 1 unspecified atom stereocenters. The van der Waals surface area contributed by atoms with Crippen LogP contribution < -0.4 is 5.32 Å². The van der Waals surface area contributed by atoms with E-state index >= 15 is 4.39 Å². The van der Waals surface area contributed by atoms with Crippen molar-refractivity contribution in [2.24, 2.45) is 0 Å². The minimum Gasteiger partial charge on any atom is -0.322 e. The van der Waals surface area contributed by atoms with Gasteiger partial charge in [-0.05, 0) is 72.5 Å². The summed E-state index contributed by atoms with van der Waals surface area (Å²) in [6.07, 6.45) is 5.89. The molecule has 3 aliphatic rings. The van der Waals surface area contributed by atoms with E-state index in [1.807, 2.05) is 18.3 Å². The zero-order valence-corrected chi connectivity index (χ0v) is 19.9. The molecule has 0 spiro atoms. The molecule has 4 heterocycles. The van der Waals surface area contributed by atoms with E-state index in [2.05, 4.69) is 33.4 Å². The summed E-state index contributed by atoms with van der Waals surface area (Å²) in [5.41, 5.74) is 2.98. The fourth-order valence-corrected chi connectivity index (χ4v) is 5.88. The highest BCUT2D eigenvalue weighted by molar-refractivity contribution is 6.05. The van der Waals surface area contributed by atoms with Gasteiger partial charge in [-0.15, -0.1) is 0 Å². The largest absolute Gasteiger partial charge is 0.322 e. The van der Waals surface area contributed by atoms with E-state index in [-0.39, 0.29) is 36.5 Å². The van der Waals surface area contributed by atoms with Crippen LogP contribution in [-0.4, -0.2) is 51.6 Å². The number of imide groups is 1. The van der Waals surface area contributed by atoms with E-state index in [0.29, 0.717) is 17.5 Å². The van der Waals surface area contributed by atoms with E-state index in [0.717, 1.165) is 43.4 Å². The number of carbonyl (C=O) groups excluding carboxylic acids is 3. The summed E-state index contributed by atoms with van der Waals surface area (Å²) >= 11 is 0. The number of halogens is 1. The number of pyridine rings is 1. The lowest BCUT2D eigenvalue weighted by atomic mass is 9.87. The van der Waals surface area contributed by atoms with Crippen LogP contribution in [0.25, 0.3) is 10.8 Å². The lowest BCUT2D eigenvalue weighted by Gasteiger charge is -2.32. The van der Waals surface area contributed by atoms with Gasteiger partial charge in [-0.2, -0.15) is 0 Å². The molecule has 2 aromatic carbocycles. The maximum atomic E-state index is 15.2. The van der Waals surface area contributed by atoms with Gasteiger partial charge in [0.25, 0.3) is 5.91 Å². The molecule has 1 aromatic heterocycles. The molecule has 3 amide bonds. The van der Waals surface area contributed by atoms with Crippen LogP contribution in [-0.2, 0) is 22.7 Å². The Balaban J connectivity index is 1.15. The van der Waals surface area contributed by atoms with Crippen LogP contribution in [0, 0.1) is 5.82 Å². The quantitative estimate of drug-likeness (QED) is 0.571. The average Bonchev–Trinajstić information content (AvgIpc) is 3.19. The Morgan fingerprint density at radius 1 is 1.06 bits per heavy atom. The zero-order valence-electron chi connectivity index (χ0n) is 19.9. The number of amides is 3. The van der Waals surface area contributed by atoms with E-state index in [1.54, 1.807) is 6.20 Å². The lowest BCUT2D eigenvalue weighted by Crippen LogP contribution is -2.52. The van der Waals surface area contributed by atoms with Crippen LogP contribution in [0.2, 0.25) is 0 Å². The van der Waals surface area contributed by atoms with Crippen LogP contribution in [0.4, 0.5) is 4.39 Å². The Morgan fingerprint density at radius 3 is 2.69 bits per heavy atom. The van der Waals surface area contributed by atoms with Gasteiger partial charge >= 0.3 is 0 Å². The average molecular weight is 487 g/mol. The number of nitrogens with one attached hydrogen (secondary N) is 1. The van der Waals surface area contributed by atoms with Crippen molar-refractivity contribution in [2.45, 2.75) is 50.7 Å². The molecule has 0 bridgehead atoms. The van der Waals surface area contributed by atoms with Gasteiger partial charge in [0.15, 0.2) is 0 Å². The van der Waals surface area contributed by atoms with Crippen LogP contribution >= 0.6 is 0 Å². The number of likely N-dealkylation sites (tertiary alicyclic amines) is 1. The fourth-order valence-electron chi connectivity index (χ4n) is 5.88. The van der Waals surface area contributed by atoms with Gasteiger partial charge in [0.05, 0.1) is 0 Å². The van der Waals surface area contributed by atoms with Crippen molar-refractivity contribution in [3.8, 4) is 0 Å². The van der Waals surface area contributed by atoms with Crippen molar-refractivity contribution in [1.82, 2.24) is 20.1 Å². The van der Waals surface area contributed by atoms with E-state index < -0.39 is 11.9 Å². The van der Waals surface area contributed by atoms with Crippen LogP contribution in [0.1, 0.15) is 58.6 Å². The summed E-state index contributed by atoms with van der Waals surface area (Å²) in [7, 11) is 0. The third kappa shape index (κ3) is 4.05. The molecule has 1 N–H and O–H groups in total. The summed E-state index contributed by atoms with van der Waals surface area (Å²) in [4.78, 5) is 44.9. The summed E-state index contributed by atoms with van der Waals surface area (Å²) in [6.45, 7) is 2.82. The predicted octanol–water partition coefficient (Wildman–Crippen LogP) is 3.51. The molecule has 0 saturated carbocycles. The number of benzene rings is 2. The Kier molecular flexibility index (Phi) is 5.76. The van der Waals surface area contributed by atoms with Gasteiger partial charge in [-0.3, -0.25) is 29.6 Å². The predicted molar refractivity (Wildman–Crippen MR) is 131 cm³/mol. The SMILES string of the molecule is O=C1CCC(N2Cc3cc(C4CCN(Cc5cccc6ccncc56)CC4)c(F)cc3C2=O)C(=O)N1. The topological polar surface area (TPSA) is 82.6 Å². The second kappa shape index (κ2) is 9.09. The molecule has 1 atom stereocenters. The Labute approximate surface area is 208 Å². The number of aromatic nitrogens is 1. The van der Waals surface area contributed by atoms with Gasteiger partial charge in [-0.25, -0.2) is 4.39 Å². The molecule has 2 saturated heterocycles. The van der Waals surface area contributed by atoms with E-state index in [4.69, 9.17) is 0 Å². The van der Waals surface area contributed by atoms with Crippen molar-refractivity contribution >= 4 is 28.5 Å². The van der Waals surface area contributed by atoms with Crippen LogP contribution in [0.15, 0.2) is 48.8 Å². The minimum absolute atomic E-state index is 0.0838. The number of carbonyl (C=O) groups is 3. The highest BCUT2D eigenvalue weighted by Crippen LogP contribution is 2.36. The van der Waals surface area contributed by atoms with Crippen LogP contribution in [0.5, 0.6) is 0 Å². The molecule has 3 aliphatic heterocycles. The summed E-state index contributed by atoms with van der Waals surface area (Å²) in [5, 5.41) is 4.65. The van der Waals surface area contributed by atoms with Crippen molar-refractivity contribution in [2.75, 3.05) is 13.1 Å². The van der Waals surface area contributed by atoms with E-state index in [1.165, 1.54) is 21.9 Å². The standard InChI is InChI=1S/C28H27FN4O3/c29-24-13-22-20(16-33(28(22)36)25-4-5-26(34)31-27(25)35)12-21(24)18-7-10-32(11-8-18)15-19-3-1-2-17-6-9-30-14-23(17)19/h1-3,6,9,12-14,18,25H,4-5,7-8,10-11,15-16H2,(H,31,34,35). The summed E-state index contributed by atoms with van der Waals surface area (Å²) < 4.78 is 15.2. The van der Waals surface area contributed by atoms with Gasteiger partial charge in [0.1, 0.15) is 11.9 Å². The first-order valence-corrected chi connectivity index (χ1v) is 12.5. The molecule has 8 heteroatoms. The molecule has 36 heavy (non-hydrogen) atoms. The van der Waals surface area contributed by atoms with Gasteiger partial charge in [-0.1, -0.05) is 24.3 Å². The molecule has 6 rings (SSSR count). The van der Waals surface area contributed by atoms with Crippen molar-refractivity contribution < 1.29 is 18.8 Å². The van der Waals surface area contributed by atoms with Crippen LogP contribution in [0.3, 0.4) is 0 Å². The first kappa shape index (κ1) is 22.8. The number of piperidine rings is 2. The number of hydrogen-bond donors (Lipinski definition) is 1. The second-order valence-corrected chi connectivity index (χ2v) is 10.00. The van der Waals surface area contributed by atoms with Gasteiger partial charge in [0.2, 0.25) is 11.8 Å². The van der Waals surface area contributed by atoms with Crippen molar-refractivity contribution in [1.29, 1.82) is 0 Å². The second-order valence-electron chi connectivity index (χ2n) is 10.00. The highest BCUT2D eigenvalue weighted by Gasteiger charge is 2.40. The molecule has 0 aliphatic carbocycles. The van der Waals surface area contributed by atoms with E-state index in [9.17, 15) is 14.4 Å².